The fourth-order valence-corrected chi connectivity index (χ4v) is 4.26. The lowest BCUT2D eigenvalue weighted by atomic mass is 10.1. The third-order valence-electron chi connectivity index (χ3n) is 4.36. The average Bonchev–Trinajstić information content (AvgIpc) is 3.29. The van der Waals surface area contributed by atoms with Crippen LogP contribution in [0.15, 0.2) is 45.9 Å². The van der Waals surface area contributed by atoms with E-state index in [0.29, 0.717) is 22.6 Å². The number of halogens is 1. The molecule has 0 amide bonds. The second kappa shape index (κ2) is 7.81. The molecule has 8 nitrogen and oxygen atoms in total. The summed E-state index contributed by atoms with van der Waals surface area (Å²) in [6, 6.07) is 8.78. The number of sulfonamides is 1. The molecule has 0 spiro atoms. The summed E-state index contributed by atoms with van der Waals surface area (Å²) < 4.78 is 35.2. The number of nitrogens with zero attached hydrogens (tertiary/aromatic N) is 3. The summed E-state index contributed by atoms with van der Waals surface area (Å²) >= 11 is 0. The van der Waals surface area contributed by atoms with Crippen molar-refractivity contribution >= 4 is 22.4 Å². The first-order chi connectivity index (χ1) is 12.5. The number of hydrogen-bond donors (Lipinski definition) is 2. The molecule has 0 bridgehead atoms. The summed E-state index contributed by atoms with van der Waals surface area (Å²) in [6.45, 7) is 4.32. The van der Waals surface area contributed by atoms with Crippen LogP contribution in [0.1, 0.15) is 17.0 Å². The molecule has 2 aromatic heterocycles. The summed E-state index contributed by atoms with van der Waals surface area (Å²) in [7, 11) is -3.68. The monoisotopic (exact) mass is 409 g/mol. The lowest BCUT2D eigenvalue weighted by Crippen LogP contribution is -2.28. The van der Waals surface area contributed by atoms with Gasteiger partial charge in [0, 0.05) is 24.7 Å². The Hall–Kier alpha value is -2.20. The summed E-state index contributed by atoms with van der Waals surface area (Å²) in [5.41, 5.74) is 3.09. The topological polar surface area (TPSA) is 102 Å². The number of aryl methyl sites for hydroxylation is 1. The van der Waals surface area contributed by atoms with E-state index in [4.69, 9.17) is 4.52 Å². The van der Waals surface area contributed by atoms with Crippen molar-refractivity contribution in [3.63, 3.8) is 0 Å². The average molecular weight is 410 g/mol. The molecule has 0 saturated heterocycles. The zero-order valence-corrected chi connectivity index (χ0v) is 16.3. The molecule has 0 aliphatic carbocycles. The van der Waals surface area contributed by atoms with Gasteiger partial charge < -0.3 is 9.84 Å². The maximum absolute atomic E-state index is 12.8. The van der Waals surface area contributed by atoms with Crippen LogP contribution in [0.25, 0.3) is 11.3 Å². The Labute approximate surface area is 163 Å². The molecule has 0 saturated carbocycles. The molecule has 3 heterocycles. The SMILES string of the molecule is Cc1ccc(-c2ccno2)cc1S(=O)(=O)NCc1cc2n(n1)CCNC2.Cl. The van der Waals surface area contributed by atoms with Crippen LogP contribution >= 0.6 is 12.4 Å². The van der Waals surface area contributed by atoms with E-state index >= 15 is 0 Å². The van der Waals surface area contributed by atoms with Crippen molar-refractivity contribution in [3.8, 4) is 11.3 Å². The highest BCUT2D eigenvalue weighted by Gasteiger charge is 2.20. The highest BCUT2D eigenvalue weighted by Crippen LogP contribution is 2.25. The summed E-state index contributed by atoms with van der Waals surface area (Å²) in [4.78, 5) is 0.219. The first-order valence-corrected chi connectivity index (χ1v) is 9.79. The Bertz CT molecular complexity index is 1010. The van der Waals surface area contributed by atoms with Gasteiger partial charge in [-0.2, -0.15) is 5.10 Å². The molecule has 1 aliphatic heterocycles. The molecule has 0 fully saturated rings. The minimum absolute atomic E-state index is 0. The highest BCUT2D eigenvalue weighted by atomic mass is 35.5. The number of hydrogen-bond acceptors (Lipinski definition) is 6. The Kier molecular flexibility index (Phi) is 5.66. The van der Waals surface area contributed by atoms with Gasteiger partial charge in [-0.25, -0.2) is 13.1 Å². The van der Waals surface area contributed by atoms with E-state index in [9.17, 15) is 8.42 Å². The third-order valence-corrected chi connectivity index (χ3v) is 5.91. The Morgan fingerprint density at radius 3 is 2.89 bits per heavy atom. The first-order valence-electron chi connectivity index (χ1n) is 8.31. The van der Waals surface area contributed by atoms with Gasteiger partial charge in [0.15, 0.2) is 5.76 Å². The van der Waals surface area contributed by atoms with Crippen LogP contribution in [-0.4, -0.2) is 29.9 Å². The molecule has 4 rings (SSSR count). The van der Waals surface area contributed by atoms with E-state index in [0.717, 1.165) is 25.3 Å². The molecule has 27 heavy (non-hydrogen) atoms. The molecule has 144 valence electrons. The second-order valence-corrected chi connectivity index (χ2v) is 7.94. The van der Waals surface area contributed by atoms with Crippen molar-refractivity contribution in [2.24, 2.45) is 0 Å². The van der Waals surface area contributed by atoms with Gasteiger partial charge >= 0.3 is 0 Å². The van der Waals surface area contributed by atoms with Crippen molar-refractivity contribution in [2.75, 3.05) is 6.54 Å². The van der Waals surface area contributed by atoms with Crippen molar-refractivity contribution in [3.05, 3.63) is 53.5 Å². The Morgan fingerprint density at radius 1 is 1.30 bits per heavy atom. The maximum atomic E-state index is 12.8. The third kappa shape index (κ3) is 4.06. The van der Waals surface area contributed by atoms with Crippen molar-refractivity contribution in [2.45, 2.75) is 31.5 Å². The maximum Gasteiger partial charge on any atom is 0.241 e. The van der Waals surface area contributed by atoms with E-state index in [1.165, 1.54) is 6.20 Å². The van der Waals surface area contributed by atoms with E-state index in [1.54, 1.807) is 25.1 Å². The predicted molar refractivity (Wildman–Crippen MR) is 102 cm³/mol. The quantitative estimate of drug-likeness (QED) is 0.666. The molecule has 10 heteroatoms. The normalized spacial score (nSPS) is 13.8. The summed E-state index contributed by atoms with van der Waals surface area (Å²) in [5.74, 6) is 0.524. The van der Waals surface area contributed by atoms with Gasteiger partial charge in [0.25, 0.3) is 0 Å². The lowest BCUT2D eigenvalue weighted by Gasteiger charge is -2.13. The van der Waals surface area contributed by atoms with Crippen LogP contribution in [0.3, 0.4) is 0 Å². The van der Waals surface area contributed by atoms with Crippen LogP contribution in [0.2, 0.25) is 0 Å². The number of rotatable bonds is 5. The number of aromatic nitrogens is 3. The molecule has 0 atom stereocenters. The smallest absolute Gasteiger partial charge is 0.241 e. The van der Waals surface area contributed by atoms with E-state index < -0.39 is 10.0 Å². The molecular formula is C17H20ClN5O3S. The van der Waals surface area contributed by atoms with Gasteiger partial charge in [0.2, 0.25) is 10.0 Å². The molecule has 1 aromatic carbocycles. The number of benzene rings is 1. The molecule has 2 N–H and O–H groups in total. The van der Waals surface area contributed by atoms with Crippen LogP contribution < -0.4 is 10.0 Å². The molecule has 0 unspecified atom stereocenters. The Balaban J connectivity index is 0.00000210. The van der Waals surface area contributed by atoms with E-state index in [2.05, 4.69) is 20.3 Å². The summed E-state index contributed by atoms with van der Waals surface area (Å²) in [6.07, 6.45) is 1.52. The van der Waals surface area contributed by atoms with Gasteiger partial charge in [-0.15, -0.1) is 12.4 Å². The number of fused-ring (bicyclic) bond motifs is 1. The fourth-order valence-electron chi connectivity index (χ4n) is 2.99. The van der Waals surface area contributed by atoms with Crippen molar-refractivity contribution in [1.82, 2.24) is 25.0 Å². The zero-order valence-electron chi connectivity index (χ0n) is 14.7. The van der Waals surface area contributed by atoms with Crippen LogP contribution in [0.4, 0.5) is 0 Å². The minimum atomic E-state index is -3.68. The molecule has 3 aromatic rings. The lowest BCUT2D eigenvalue weighted by molar-refractivity contribution is 0.432. The predicted octanol–water partition coefficient (Wildman–Crippen LogP) is 1.85. The first kappa shape index (κ1) is 19.6. The molecule has 1 aliphatic rings. The van der Waals surface area contributed by atoms with Crippen LogP contribution in [0, 0.1) is 6.92 Å². The van der Waals surface area contributed by atoms with Gasteiger partial charge in [0.05, 0.1) is 35.6 Å². The van der Waals surface area contributed by atoms with Gasteiger partial charge in [-0.1, -0.05) is 17.3 Å². The Morgan fingerprint density at radius 2 is 2.15 bits per heavy atom. The minimum Gasteiger partial charge on any atom is -0.356 e. The highest BCUT2D eigenvalue weighted by molar-refractivity contribution is 7.89. The standard InChI is InChI=1S/C17H19N5O3S.ClH/c1-12-2-3-13(16-4-5-19-25-16)8-17(12)26(23,24)20-10-14-9-15-11-18-6-7-22(15)21-14;/h2-5,8-9,18,20H,6-7,10-11H2,1H3;1H. The van der Waals surface area contributed by atoms with Gasteiger partial charge in [0.1, 0.15) is 0 Å². The largest absolute Gasteiger partial charge is 0.356 e. The fraction of sp³-hybridized carbons (Fsp3) is 0.294. The molecule has 0 radical (unpaired) electrons. The van der Waals surface area contributed by atoms with Crippen molar-refractivity contribution < 1.29 is 12.9 Å². The second-order valence-electron chi connectivity index (χ2n) is 6.21. The van der Waals surface area contributed by atoms with Gasteiger partial charge in [-0.05, 0) is 24.6 Å². The van der Waals surface area contributed by atoms with E-state index in [1.807, 2.05) is 16.8 Å². The van der Waals surface area contributed by atoms with Crippen LogP contribution in [-0.2, 0) is 29.7 Å². The number of nitrogens with one attached hydrogen (secondary N) is 2. The van der Waals surface area contributed by atoms with Gasteiger partial charge in [-0.3, -0.25) is 4.68 Å². The van der Waals surface area contributed by atoms with E-state index in [-0.39, 0.29) is 23.8 Å². The zero-order chi connectivity index (χ0) is 18.1. The summed E-state index contributed by atoms with van der Waals surface area (Å²) in [5, 5.41) is 11.4. The molecular weight excluding hydrogens is 390 g/mol. The van der Waals surface area contributed by atoms with Crippen molar-refractivity contribution in [1.29, 1.82) is 0 Å². The van der Waals surface area contributed by atoms with Crippen LogP contribution in [0.5, 0.6) is 0 Å².